The number of hydrogen-bond acceptors (Lipinski definition) is 4. The Bertz CT molecular complexity index is 947. The maximum atomic E-state index is 13.4. The third kappa shape index (κ3) is 3.84. The van der Waals surface area contributed by atoms with Gasteiger partial charge in [-0.3, -0.25) is 9.59 Å². The van der Waals surface area contributed by atoms with Gasteiger partial charge < -0.3 is 19.3 Å². The zero-order valence-electron chi connectivity index (χ0n) is 17.1. The van der Waals surface area contributed by atoms with Crippen LogP contribution in [0.5, 0.6) is 11.5 Å². The van der Waals surface area contributed by atoms with E-state index in [1.54, 1.807) is 37.3 Å². The molecule has 2 fully saturated rings. The lowest BCUT2D eigenvalue weighted by atomic mass is 10.0. The van der Waals surface area contributed by atoms with Crippen molar-refractivity contribution in [2.75, 3.05) is 32.2 Å². The second kappa shape index (κ2) is 8.56. The van der Waals surface area contributed by atoms with Crippen LogP contribution in [-0.2, 0) is 9.59 Å². The minimum Gasteiger partial charge on any atom is -0.497 e. The third-order valence-corrected chi connectivity index (χ3v) is 6.18. The van der Waals surface area contributed by atoms with Gasteiger partial charge in [0.2, 0.25) is 11.8 Å². The summed E-state index contributed by atoms with van der Waals surface area (Å²) in [5.41, 5.74) is 1.71. The van der Waals surface area contributed by atoms with Crippen LogP contribution in [-0.4, -0.2) is 44.0 Å². The second-order valence-corrected chi connectivity index (χ2v) is 8.12. The topological polar surface area (TPSA) is 59.1 Å². The summed E-state index contributed by atoms with van der Waals surface area (Å²) in [5.74, 6) is 0.930. The minimum atomic E-state index is -0.375. The fourth-order valence-corrected chi connectivity index (χ4v) is 4.58. The smallest absolute Gasteiger partial charge is 0.228 e. The molecule has 30 heavy (non-hydrogen) atoms. The van der Waals surface area contributed by atoms with Crippen LogP contribution in [0.1, 0.15) is 30.9 Å². The van der Waals surface area contributed by atoms with Crippen molar-refractivity contribution in [1.29, 1.82) is 0 Å². The van der Waals surface area contributed by atoms with Crippen molar-refractivity contribution < 1.29 is 19.1 Å². The van der Waals surface area contributed by atoms with Gasteiger partial charge in [0.15, 0.2) is 0 Å². The molecule has 7 heteroatoms. The summed E-state index contributed by atoms with van der Waals surface area (Å²) in [6.45, 7) is 1.04. The maximum Gasteiger partial charge on any atom is 0.228 e. The van der Waals surface area contributed by atoms with Crippen molar-refractivity contribution >= 4 is 29.1 Å². The van der Waals surface area contributed by atoms with E-state index < -0.39 is 0 Å². The number of benzene rings is 2. The standard InChI is InChI=1S/C23H25ClN2O4/c1-29-18-8-5-15(6-9-18)19-4-3-11-25(19)23(28)16-12-22(27)26(14-16)20-13-17(24)7-10-21(20)30-2/h5-10,13,16,19H,3-4,11-12,14H2,1-2H3. The number of anilines is 1. The number of nitrogens with zero attached hydrogens (tertiary/aromatic N) is 2. The lowest BCUT2D eigenvalue weighted by Crippen LogP contribution is -2.37. The van der Waals surface area contributed by atoms with E-state index >= 15 is 0 Å². The molecule has 2 aromatic carbocycles. The summed E-state index contributed by atoms with van der Waals surface area (Å²) in [6.07, 6.45) is 2.07. The third-order valence-electron chi connectivity index (χ3n) is 5.94. The van der Waals surface area contributed by atoms with Crippen LogP contribution in [0.2, 0.25) is 5.02 Å². The molecule has 2 amide bonds. The predicted molar refractivity (Wildman–Crippen MR) is 115 cm³/mol. The van der Waals surface area contributed by atoms with E-state index in [2.05, 4.69) is 0 Å². The normalized spacial score (nSPS) is 21.2. The quantitative estimate of drug-likeness (QED) is 0.720. The molecule has 2 aromatic rings. The Morgan fingerprint density at radius 3 is 2.57 bits per heavy atom. The summed E-state index contributed by atoms with van der Waals surface area (Å²) in [5, 5.41) is 0.521. The van der Waals surface area contributed by atoms with Gasteiger partial charge in [0.05, 0.1) is 31.9 Å². The van der Waals surface area contributed by atoms with Crippen LogP contribution in [0.3, 0.4) is 0 Å². The molecule has 6 nitrogen and oxygen atoms in total. The summed E-state index contributed by atoms with van der Waals surface area (Å²) < 4.78 is 10.6. The molecule has 2 aliphatic rings. The largest absolute Gasteiger partial charge is 0.497 e. The fraction of sp³-hybridized carbons (Fsp3) is 0.391. The van der Waals surface area contributed by atoms with Crippen molar-refractivity contribution in [3.63, 3.8) is 0 Å². The van der Waals surface area contributed by atoms with Gasteiger partial charge in [0.1, 0.15) is 11.5 Å². The van der Waals surface area contributed by atoms with Crippen LogP contribution in [0.15, 0.2) is 42.5 Å². The van der Waals surface area contributed by atoms with E-state index in [4.69, 9.17) is 21.1 Å². The summed E-state index contributed by atoms with van der Waals surface area (Å²) in [7, 11) is 3.19. The number of ether oxygens (including phenoxy) is 2. The molecule has 0 aliphatic carbocycles. The Labute approximate surface area is 181 Å². The second-order valence-electron chi connectivity index (χ2n) is 7.68. The Balaban J connectivity index is 1.52. The van der Waals surface area contributed by atoms with E-state index in [0.717, 1.165) is 24.2 Å². The van der Waals surface area contributed by atoms with Crippen molar-refractivity contribution in [1.82, 2.24) is 4.90 Å². The van der Waals surface area contributed by atoms with Gasteiger partial charge in [0.25, 0.3) is 0 Å². The van der Waals surface area contributed by atoms with Gasteiger partial charge in [-0.1, -0.05) is 23.7 Å². The molecule has 2 heterocycles. The first-order chi connectivity index (χ1) is 14.5. The van der Waals surface area contributed by atoms with E-state index in [1.165, 1.54) is 0 Å². The number of likely N-dealkylation sites (tertiary alicyclic amines) is 1. The highest BCUT2D eigenvalue weighted by Crippen LogP contribution is 2.38. The highest BCUT2D eigenvalue weighted by molar-refractivity contribution is 6.31. The van der Waals surface area contributed by atoms with Gasteiger partial charge in [-0.2, -0.15) is 0 Å². The van der Waals surface area contributed by atoms with Gasteiger partial charge >= 0.3 is 0 Å². The van der Waals surface area contributed by atoms with Crippen LogP contribution >= 0.6 is 11.6 Å². The number of carbonyl (C=O) groups is 2. The molecule has 0 radical (unpaired) electrons. The molecule has 2 saturated heterocycles. The predicted octanol–water partition coefficient (Wildman–Crippen LogP) is 4.07. The number of rotatable bonds is 5. The molecule has 2 aliphatic heterocycles. The number of methoxy groups -OCH3 is 2. The van der Waals surface area contributed by atoms with E-state index in [0.29, 0.717) is 29.5 Å². The van der Waals surface area contributed by atoms with Crippen LogP contribution in [0, 0.1) is 5.92 Å². The van der Waals surface area contributed by atoms with Crippen LogP contribution < -0.4 is 14.4 Å². The molecule has 0 bridgehead atoms. The number of amides is 2. The Morgan fingerprint density at radius 1 is 1.10 bits per heavy atom. The Hall–Kier alpha value is -2.73. The first-order valence-electron chi connectivity index (χ1n) is 10.1. The fourth-order valence-electron chi connectivity index (χ4n) is 4.42. The first kappa shape index (κ1) is 20.5. The zero-order chi connectivity index (χ0) is 21.3. The lowest BCUT2D eigenvalue weighted by molar-refractivity contribution is -0.136. The van der Waals surface area contributed by atoms with Gasteiger partial charge in [0, 0.05) is 24.5 Å². The van der Waals surface area contributed by atoms with Gasteiger partial charge in [-0.05, 0) is 48.7 Å². The van der Waals surface area contributed by atoms with E-state index in [1.807, 2.05) is 29.2 Å². The average molecular weight is 429 g/mol. The molecule has 2 unspecified atom stereocenters. The minimum absolute atomic E-state index is 0.0326. The number of hydrogen-bond donors (Lipinski definition) is 0. The highest BCUT2D eigenvalue weighted by Gasteiger charge is 2.41. The molecular formula is C23H25ClN2O4. The maximum absolute atomic E-state index is 13.4. The monoisotopic (exact) mass is 428 g/mol. The number of carbonyl (C=O) groups excluding carboxylic acids is 2. The molecule has 0 saturated carbocycles. The lowest BCUT2D eigenvalue weighted by Gasteiger charge is -2.28. The number of halogens is 1. The highest BCUT2D eigenvalue weighted by atomic mass is 35.5. The SMILES string of the molecule is COc1ccc(C2CCCN2C(=O)C2CC(=O)N(c3cc(Cl)ccc3OC)C2)cc1. The average Bonchev–Trinajstić information content (AvgIpc) is 3.40. The zero-order valence-corrected chi connectivity index (χ0v) is 17.9. The molecule has 4 rings (SSSR count). The summed E-state index contributed by atoms with van der Waals surface area (Å²) >= 11 is 6.13. The molecule has 0 aromatic heterocycles. The van der Waals surface area contributed by atoms with Crippen LogP contribution in [0.25, 0.3) is 0 Å². The van der Waals surface area contributed by atoms with E-state index in [-0.39, 0.29) is 30.2 Å². The van der Waals surface area contributed by atoms with Crippen LogP contribution in [0.4, 0.5) is 5.69 Å². The Kier molecular flexibility index (Phi) is 5.86. The summed E-state index contributed by atoms with van der Waals surface area (Å²) in [4.78, 5) is 29.7. The molecular weight excluding hydrogens is 404 g/mol. The molecule has 158 valence electrons. The summed E-state index contributed by atoms with van der Waals surface area (Å²) in [6, 6.07) is 13.1. The van der Waals surface area contributed by atoms with Crippen molar-refractivity contribution in [2.45, 2.75) is 25.3 Å². The molecule has 0 spiro atoms. The van der Waals surface area contributed by atoms with Crippen molar-refractivity contribution in [3.05, 3.63) is 53.1 Å². The first-order valence-corrected chi connectivity index (χ1v) is 10.5. The van der Waals surface area contributed by atoms with Crippen molar-refractivity contribution in [3.8, 4) is 11.5 Å². The van der Waals surface area contributed by atoms with Gasteiger partial charge in [-0.15, -0.1) is 0 Å². The van der Waals surface area contributed by atoms with Gasteiger partial charge in [-0.25, -0.2) is 0 Å². The molecule has 2 atom stereocenters. The van der Waals surface area contributed by atoms with Crippen molar-refractivity contribution in [2.24, 2.45) is 5.92 Å². The Morgan fingerprint density at radius 2 is 1.87 bits per heavy atom. The molecule has 0 N–H and O–H groups in total. The van der Waals surface area contributed by atoms with E-state index in [9.17, 15) is 9.59 Å².